The number of nitrogens with zero attached hydrogens (tertiary/aromatic N) is 1. The summed E-state index contributed by atoms with van der Waals surface area (Å²) in [5, 5.41) is 0. The highest BCUT2D eigenvalue weighted by Gasteiger charge is 2.26. The molecular weight excluding hydrogens is 468 g/mol. The van der Waals surface area contributed by atoms with E-state index >= 15 is 0 Å². The molecule has 0 aliphatic rings. The molecule has 0 saturated carbocycles. The summed E-state index contributed by atoms with van der Waals surface area (Å²) in [7, 11) is -3.86. The molecule has 0 radical (unpaired) electrons. The Morgan fingerprint density at radius 3 is 1.44 bits per heavy atom. The molecule has 0 spiro atoms. The number of amides is 1. The van der Waals surface area contributed by atoms with Crippen molar-refractivity contribution in [2.24, 2.45) is 0 Å². The van der Waals surface area contributed by atoms with Crippen molar-refractivity contribution in [1.29, 1.82) is 0 Å². The fourth-order valence-corrected chi connectivity index (χ4v) is 5.22. The summed E-state index contributed by atoms with van der Waals surface area (Å²) < 4.78 is 28.5. The van der Waals surface area contributed by atoms with E-state index in [9.17, 15) is 13.2 Å². The van der Waals surface area contributed by atoms with E-state index in [1.54, 1.807) is 0 Å². The second-order valence-electron chi connectivity index (χ2n) is 8.72. The van der Waals surface area contributed by atoms with E-state index in [1.807, 2.05) is 121 Å². The van der Waals surface area contributed by atoms with E-state index in [-0.39, 0.29) is 12.3 Å². The second-order valence-corrected chi connectivity index (χ2v) is 10.6. The van der Waals surface area contributed by atoms with Crippen molar-refractivity contribution in [2.75, 3.05) is 12.3 Å². The van der Waals surface area contributed by atoms with Gasteiger partial charge in [-0.3, -0.25) is 14.4 Å². The molecule has 0 bridgehead atoms. The number of carbonyl (C=O) groups is 1. The van der Waals surface area contributed by atoms with Gasteiger partial charge in [0.05, 0.1) is 11.7 Å². The van der Waals surface area contributed by atoms with Crippen molar-refractivity contribution in [3.8, 4) is 0 Å². The van der Waals surface area contributed by atoms with Gasteiger partial charge in [0, 0.05) is 19.6 Å². The van der Waals surface area contributed by atoms with Crippen LogP contribution >= 0.6 is 0 Å². The van der Waals surface area contributed by atoms with Gasteiger partial charge < -0.3 is 0 Å². The lowest BCUT2D eigenvalue weighted by Crippen LogP contribution is -2.39. The monoisotopic (exact) mass is 498 g/mol. The minimum Gasteiger partial charge on any atom is -0.294 e. The Kier molecular flexibility index (Phi) is 8.66. The first kappa shape index (κ1) is 25.4. The molecule has 0 aromatic heterocycles. The van der Waals surface area contributed by atoms with Crippen LogP contribution in [0.25, 0.3) is 0 Å². The lowest BCUT2D eigenvalue weighted by atomic mass is 9.91. The summed E-state index contributed by atoms with van der Waals surface area (Å²) >= 11 is 0. The third-order valence-electron chi connectivity index (χ3n) is 5.96. The molecule has 4 rings (SSSR count). The normalized spacial score (nSPS) is 11.5. The number of rotatable bonds is 11. The zero-order valence-corrected chi connectivity index (χ0v) is 20.8. The SMILES string of the molecule is O=C(NS(=O)(=O)CCN(Cc1ccccc1)Cc1ccccc1)C(c1ccccc1)c1ccccc1. The Morgan fingerprint density at radius 2 is 1.03 bits per heavy atom. The van der Waals surface area contributed by atoms with Gasteiger partial charge in [0.2, 0.25) is 15.9 Å². The summed E-state index contributed by atoms with van der Waals surface area (Å²) in [5.41, 5.74) is 3.68. The molecule has 4 aromatic carbocycles. The number of hydrogen-bond acceptors (Lipinski definition) is 4. The van der Waals surface area contributed by atoms with Crippen molar-refractivity contribution in [3.05, 3.63) is 144 Å². The van der Waals surface area contributed by atoms with Gasteiger partial charge in [-0.25, -0.2) is 8.42 Å². The Labute approximate surface area is 213 Å². The van der Waals surface area contributed by atoms with Crippen LogP contribution in [0.5, 0.6) is 0 Å². The second kappa shape index (κ2) is 12.3. The molecule has 0 heterocycles. The molecule has 0 fully saturated rings. The molecular formula is C30H30N2O3S. The van der Waals surface area contributed by atoms with Crippen molar-refractivity contribution < 1.29 is 13.2 Å². The van der Waals surface area contributed by atoms with E-state index in [1.165, 1.54) is 0 Å². The van der Waals surface area contributed by atoms with Crippen LogP contribution in [0.2, 0.25) is 0 Å². The van der Waals surface area contributed by atoms with Gasteiger partial charge in [-0.15, -0.1) is 0 Å². The molecule has 0 saturated heterocycles. The Hall–Kier alpha value is -3.74. The average molecular weight is 499 g/mol. The molecule has 5 nitrogen and oxygen atoms in total. The van der Waals surface area contributed by atoms with Crippen LogP contribution in [0, 0.1) is 0 Å². The highest BCUT2D eigenvalue weighted by Crippen LogP contribution is 2.25. The Balaban J connectivity index is 1.47. The summed E-state index contributed by atoms with van der Waals surface area (Å²) in [6, 6.07) is 38.4. The zero-order valence-electron chi connectivity index (χ0n) is 20.0. The predicted octanol–water partition coefficient (Wildman–Crippen LogP) is 4.97. The molecule has 0 aliphatic heterocycles. The molecule has 36 heavy (non-hydrogen) atoms. The van der Waals surface area contributed by atoms with E-state index in [4.69, 9.17) is 0 Å². The van der Waals surface area contributed by atoms with Crippen molar-refractivity contribution in [2.45, 2.75) is 19.0 Å². The van der Waals surface area contributed by atoms with Gasteiger partial charge in [-0.1, -0.05) is 121 Å². The molecule has 6 heteroatoms. The maximum atomic E-state index is 13.3. The maximum absolute atomic E-state index is 13.3. The largest absolute Gasteiger partial charge is 0.294 e. The van der Waals surface area contributed by atoms with Gasteiger partial charge in [0.15, 0.2) is 0 Å². The molecule has 4 aromatic rings. The van der Waals surface area contributed by atoms with E-state index in [0.29, 0.717) is 13.1 Å². The highest BCUT2D eigenvalue weighted by atomic mass is 32.2. The molecule has 1 N–H and O–H groups in total. The average Bonchev–Trinajstić information content (AvgIpc) is 2.90. The fourth-order valence-electron chi connectivity index (χ4n) is 4.20. The van der Waals surface area contributed by atoms with Gasteiger partial charge in [0.1, 0.15) is 0 Å². The first-order valence-corrected chi connectivity index (χ1v) is 13.6. The van der Waals surface area contributed by atoms with Crippen molar-refractivity contribution in [1.82, 2.24) is 9.62 Å². The third kappa shape index (κ3) is 7.38. The number of benzene rings is 4. The van der Waals surface area contributed by atoms with E-state index < -0.39 is 21.8 Å². The van der Waals surface area contributed by atoms with Gasteiger partial charge in [0.25, 0.3) is 0 Å². The van der Waals surface area contributed by atoms with Gasteiger partial charge in [-0.2, -0.15) is 0 Å². The standard InChI is InChI=1S/C30H30N2O3S/c33-30(29(27-17-9-3-10-18-27)28-19-11-4-12-20-28)31-36(34,35)22-21-32(23-25-13-5-1-6-14-25)24-26-15-7-2-8-16-26/h1-20,29H,21-24H2,(H,31,33). The quantitative estimate of drug-likeness (QED) is 0.317. The number of carbonyl (C=O) groups excluding carboxylic acids is 1. The predicted molar refractivity (Wildman–Crippen MR) is 144 cm³/mol. The Bertz CT molecular complexity index is 1250. The minimum absolute atomic E-state index is 0.186. The lowest BCUT2D eigenvalue weighted by Gasteiger charge is -2.23. The summed E-state index contributed by atoms with van der Waals surface area (Å²) in [6.07, 6.45) is 0. The number of nitrogens with one attached hydrogen (secondary N) is 1. The van der Waals surface area contributed by atoms with Crippen LogP contribution in [0.3, 0.4) is 0 Å². The lowest BCUT2D eigenvalue weighted by molar-refractivity contribution is -0.119. The molecule has 184 valence electrons. The molecule has 0 atom stereocenters. The van der Waals surface area contributed by atoms with Crippen LogP contribution in [0.15, 0.2) is 121 Å². The van der Waals surface area contributed by atoms with Gasteiger partial charge >= 0.3 is 0 Å². The number of hydrogen-bond donors (Lipinski definition) is 1. The fraction of sp³-hybridized carbons (Fsp3) is 0.167. The third-order valence-corrected chi connectivity index (χ3v) is 7.19. The van der Waals surface area contributed by atoms with Crippen LogP contribution < -0.4 is 4.72 Å². The maximum Gasteiger partial charge on any atom is 0.245 e. The smallest absolute Gasteiger partial charge is 0.245 e. The molecule has 0 unspecified atom stereocenters. The zero-order chi connectivity index (χ0) is 25.2. The van der Waals surface area contributed by atoms with E-state index in [0.717, 1.165) is 22.3 Å². The topological polar surface area (TPSA) is 66.5 Å². The van der Waals surface area contributed by atoms with Crippen LogP contribution in [-0.2, 0) is 27.9 Å². The van der Waals surface area contributed by atoms with Crippen LogP contribution in [-0.4, -0.2) is 31.5 Å². The summed E-state index contributed by atoms with van der Waals surface area (Å²) in [5.74, 6) is -1.45. The molecule has 0 aliphatic carbocycles. The van der Waals surface area contributed by atoms with Crippen molar-refractivity contribution >= 4 is 15.9 Å². The number of sulfonamides is 1. The summed E-state index contributed by atoms with van der Waals surface area (Å²) in [6.45, 7) is 1.50. The van der Waals surface area contributed by atoms with Crippen LogP contribution in [0.1, 0.15) is 28.2 Å². The minimum atomic E-state index is -3.86. The molecule has 1 amide bonds. The highest BCUT2D eigenvalue weighted by molar-refractivity contribution is 7.90. The van der Waals surface area contributed by atoms with Crippen molar-refractivity contribution in [3.63, 3.8) is 0 Å². The Morgan fingerprint density at radius 1 is 0.639 bits per heavy atom. The first-order chi connectivity index (χ1) is 17.5. The van der Waals surface area contributed by atoms with E-state index in [2.05, 4.69) is 9.62 Å². The van der Waals surface area contributed by atoms with Crippen LogP contribution in [0.4, 0.5) is 0 Å². The first-order valence-electron chi connectivity index (χ1n) is 11.9. The van der Waals surface area contributed by atoms with Gasteiger partial charge in [-0.05, 0) is 22.3 Å². The summed E-state index contributed by atoms with van der Waals surface area (Å²) in [4.78, 5) is 15.4.